The second kappa shape index (κ2) is 8.39. The number of fused-ring (bicyclic) bond motifs is 1. The Kier molecular flexibility index (Phi) is 5.93. The number of oxazole rings is 1. The molecule has 28 heavy (non-hydrogen) atoms. The Morgan fingerprint density at radius 3 is 2.79 bits per heavy atom. The van der Waals surface area contributed by atoms with E-state index in [1.165, 1.54) is 22.8 Å². The molecule has 0 unspecified atom stereocenters. The van der Waals surface area contributed by atoms with E-state index in [0.29, 0.717) is 18.5 Å². The molecule has 0 saturated carbocycles. The molecule has 0 radical (unpaired) electrons. The van der Waals surface area contributed by atoms with E-state index in [9.17, 15) is 19.7 Å². The van der Waals surface area contributed by atoms with Crippen molar-refractivity contribution in [3.63, 3.8) is 0 Å². The summed E-state index contributed by atoms with van der Waals surface area (Å²) < 4.78 is 6.49. The number of amides is 1. The quantitative estimate of drug-likeness (QED) is 0.454. The summed E-state index contributed by atoms with van der Waals surface area (Å²) in [5.41, 5.74) is 0.511. The van der Waals surface area contributed by atoms with Gasteiger partial charge in [0.05, 0.1) is 22.5 Å². The van der Waals surface area contributed by atoms with Crippen molar-refractivity contribution in [1.82, 2.24) is 9.88 Å². The van der Waals surface area contributed by atoms with Crippen LogP contribution in [0.2, 0.25) is 0 Å². The molecule has 2 aromatic heterocycles. The molecule has 2 heterocycles. The van der Waals surface area contributed by atoms with Crippen LogP contribution in [-0.4, -0.2) is 15.4 Å². The molecule has 8 nitrogen and oxygen atoms in total. The van der Waals surface area contributed by atoms with E-state index >= 15 is 0 Å². The van der Waals surface area contributed by atoms with Crippen LogP contribution in [-0.2, 0) is 11.3 Å². The Morgan fingerprint density at radius 2 is 2.14 bits per heavy atom. The van der Waals surface area contributed by atoms with Gasteiger partial charge in [-0.15, -0.1) is 11.3 Å². The highest BCUT2D eigenvalue weighted by Gasteiger charge is 2.19. The number of carbonyl (C=O) groups excluding carboxylic acids is 1. The van der Waals surface area contributed by atoms with Crippen molar-refractivity contribution in [2.24, 2.45) is 5.92 Å². The van der Waals surface area contributed by atoms with Crippen LogP contribution in [0, 0.1) is 16.0 Å². The van der Waals surface area contributed by atoms with Crippen molar-refractivity contribution in [2.75, 3.05) is 0 Å². The van der Waals surface area contributed by atoms with Crippen molar-refractivity contribution >= 4 is 34.0 Å². The lowest BCUT2D eigenvalue weighted by atomic mass is 10.0. The minimum absolute atomic E-state index is 0.0365. The first-order valence-electron chi connectivity index (χ1n) is 8.97. The molecular formula is C19H21N3O5S. The monoisotopic (exact) mass is 403 g/mol. The normalized spacial score (nSPS) is 12.4. The Morgan fingerprint density at radius 1 is 1.36 bits per heavy atom. The summed E-state index contributed by atoms with van der Waals surface area (Å²) in [5, 5.41) is 15.9. The van der Waals surface area contributed by atoms with Gasteiger partial charge in [0.15, 0.2) is 5.58 Å². The molecule has 1 N–H and O–H groups in total. The Hall–Kier alpha value is -2.94. The Labute approximate surface area is 164 Å². The number of non-ortho nitro benzene ring substituents is 1. The predicted molar refractivity (Wildman–Crippen MR) is 106 cm³/mol. The van der Waals surface area contributed by atoms with E-state index in [1.807, 2.05) is 17.5 Å². The van der Waals surface area contributed by atoms with Gasteiger partial charge in [-0.25, -0.2) is 4.79 Å². The Balaban J connectivity index is 1.63. The largest absolute Gasteiger partial charge is 0.419 e. The molecule has 1 amide bonds. The third-order valence-corrected chi connectivity index (χ3v) is 5.44. The average Bonchev–Trinajstić information content (AvgIpc) is 3.27. The number of nitrogens with one attached hydrogen (secondary N) is 1. The zero-order chi connectivity index (χ0) is 20.3. The number of nitrogens with zero attached hydrogens (tertiary/aromatic N) is 2. The summed E-state index contributed by atoms with van der Waals surface area (Å²) in [5.74, 6) is -0.406. The fraction of sp³-hybridized carbons (Fsp3) is 0.368. The maximum atomic E-state index is 12.4. The molecule has 1 atom stereocenters. The second-order valence-corrected chi connectivity index (χ2v) is 7.82. The molecule has 9 heteroatoms. The molecular weight excluding hydrogens is 382 g/mol. The zero-order valence-corrected chi connectivity index (χ0v) is 16.4. The fourth-order valence-electron chi connectivity index (χ4n) is 3.06. The first-order chi connectivity index (χ1) is 13.4. The number of hydrogen-bond donors (Lipinski definition) is 1. The molecule has 0 saturated heterocycles. The molecule has 3 rings (SSSR count). The topological polar surface area (TPSA) is 107 Å². The van der Waals surface area contributed by atoms with Crippen LogP contribution in [0.3, 0.4) is 0 Å². The summed E-state index contributed by atoms with van der Waals surface area (Å²) in [6, 6.07) is 7.98. The zero-order valence-electron chi connectivity index (χ0n) is 15.6. The first-order valence-corrected chi connectivity index (χ1v) is 9.85. The number of carbonyl (C=O) groups is 1. The summed E-state index contributed by atoms with van der Waals surface area (Å²) in [4.78, 5) is 35.8. The van der Waals surface area contributed by atoms with Crippen LogP contribution >= 0.6 is 11.3 Å². The molecule has 1 aromatic carbocycles. The SMILES string of the molecule is CC(C)[C@H](NC(=O)CCCn1c(=O)oc2cc([N+](=O)[O-])ccc21)c1cccs1. The van der Waals surface area contributed by atoms with Crippen LogP contribution in [0.25, 0.3) is 11.1 Å². The van der Waals surface area contributed by atoms with E-state index in [2.05, 4.69) is 19.2 Å². The maximum absolute atomic E-state index is 12.4. The Bertz CT molecular complexity index is 1040. The van der Waals surface area contributed by atoms with E-state index in [-0.39, 0.29) is 35.6 Å². The number of aromatic nitrogens is 1. The highest BCUT2D eigenvalue weighted by molar-refractivity contribution is 7.10. The van der Waals surface area contributed by atoms with Gasteiger partial charge in [0.25, 0.3) is 5.69 Å². The summed E-state index contributed by atoms with van der Waals surface area (Å²) in [7, 11) is 0. The van der Waals surface area contributed by atoms with Crippen molar-refractivity contribution in [2.45, 2.75) is 39.3 Å². The van der Waals surface area contributed by atoms with E-state index in [0.717, 1.165) is 4.88 Å². The predicted octanol–water partition coefficient (Wildman–Crippen LogP) is 3.86. The highest BCUT2D eigenvalue weighted by Crippen LogP contribution is 2.26. The van der Waals surface area contributed by atoms with Gasteiger partial charge in [-0.3, -0.25) is 19.5 Å². The van der Waals surface area contributed by atoms with Crippen LogP contribution in [0.4, 0.5) is 5.69 Å². The smallest absolute Gasteiger partial charge is 0.407 e. The summed E-state index contributed by atoms with van der Waals surface area (Å²) in [6.45, 7) is 4.41. The van der Waals surface area contributed by atoms with Crippen molar-refractivity contribution in [3.05, 3.63) is 61.3 Å². The standard InChI is InChI=1S/C19H21N3O5S/c1-12(2)18(16-5-4-10-28-16)20-17(23)6-3-9-21-14-8-7-13(22(25)26)11-15(14)27-19(21)24/h4-5,7-8,10-12,18H,3,6,9H2,1-2H3,(H,20,23)/t18-/m0/s1. The molecule has 0 fully saturated rings. The number of thiophene rings is 1. The lowest BCUT2D eigenvalue weighted by Gasteiger charge is -2.21. The summed E-state index contributed by atoms with van der Waals surface area (Å²) >= 11 is 1.61. The number of rotatable bonds is 8. The molecule has 0 aliphatic rings. The maximum Gasteiger partial charge on any atom is 0.419 e. The molecule has 0 aliphatic heterocycles. The van der Waals surface area contributed by atoms with E-state index in [4.69, 9.17) is 4.42 Å². The molecule has 0 bridgehead atoms. The molecule has 148 valence electrons. The van der Waals surface area contributed by atoms with Gasteiger partial charge in [0.1, 0.15) is 0 Å². The lowest BCUT2D eigenvalue weighted by Crippen LogP contribution is -2.31. The third-order valence-electron chi connectivity index (χ3n) is 4.48. The molecule has 3 aromatic rings. The number of aryl methyl sites for hydroxylation is 1. The summed E-state index contributed by atoms with van der Waals surface area (Å²) in [6.07, 6.45) is 0.716. The number of nitro benzene ring substituents is 1. The van der Waals surface area contributed by atoms with Crippen LogP contribution in [0.1, 0.15) is 37.6 Å². The average molecular weight is 403 g/mol. The number of benzene rings is 1. The second-order valence-electron chi connectivity index (χ2n) is 6.84. The van der Waals surface area contributed by atoms with Crippen LogP contribution in [0.5, 0.6) is 0 Å². The van der Waals surface area contributed by atoms with E-state index < -0.39 is 10.7 Å². The van der Waals surface area contributed by atoms with Gasteiger partial charge >= 0.3 is 5.76 Å². The third kappa shape index (κ3) is 4.30. The number of hydrogen-bond acceptors (Lipinski definition) is 6. The first kappa shape index (κ1) is 19.8. The van der Waals surface area contributed by atoms with Crippen molar-refractivity contribution in [3.8, 4) is 0 Å². The lowest BCUT2D eigenvalue weighted by molar-refractivity contribution is -0.384. The minimum atomic E-state index is -0.588. The van der Waals surface area contributed by atoms with Crippen LogP contribution < -0.4 is 11.1 Å². The van der Waals surface area contributed by atoms with Gasteiger partial charge in [0.2, 0.25) is 5.91 Å². The number of nitro groups is 1. The van der Waals surface area contributed by atoms with Crippen LogP contribution in [0.15, 0.2) is 44.9 Å². The highest BCUT2D eigenvalue weighted by atomic mass is 32.1. The van der Waals surface area contributed by atoms with E-state index in [1.54, 1.807) is 11.3 Å². The van der Waals surface area contributed by atoms with Gasteiger partial charge in [-0.2, -0.15) is 0 Å². The van der Waals surface area contributed by atoms with Gasteiger partial charge in [0, 0.05) is 23.9 Å². The minimum Gasteiger partial charge on any atom is -0.407 e. The fourth-order valence-corrected chi connectivity index (χ4v) is 4.01. The molecule has 0 aliphatic carbocycles. The van der Waals surface area contributed by atoms with Gasteiger partial charge in [-0.1, -0.05) is 19.9 Å². The van der Waals surface area contributed by atoms with Gasteiger partial charge < -0.3 is 9.73 Å². The molecule has 0 spiro atoms. The van der Waals surface area contributed by atoms with Gasteiger partial charge in [-0.05, 0) is 29.9 Å². The van der Waals surface area contributed by atoms with Crippen molar-refractivity contribution < 1.29 is 14.1 Å². The van der Waals surface area contributed by atoms with Crippen molar-refractivity contribution in [1.29, 1.82) is 0 Å².